The van der Waals surface area contributed by atoms with Crippen molar-refractivity contribution in [3.05, 3.63) is 53.8 Å². The van der Waals surface area contributed by atoms with Crippen LogP contribution in [0.5, 0.6) is 5.75 Å². The van der Waals surface area contributed by atoms with E-state index in [1.54, 1.807) is 6.07 Å². The van der Waals surface area contributed by atoms with Crippen LogP contribution in [-0.4, -0.2) is 13.7 Å². The summed E-state index contributed by atoms with van der Waals surface area (Å²) in [5, 5.41) is 0. The summed E-state index contributed by atoms with van der Waals surface area (Å²) in [6, 6.07) is 13.1. The van der Waals surface area contributed by atoms with Gasteiger partial charge in [-0.1, -0.05) is 37.3 Å². The maximum atomic E-state index is 13.7. The van der Waals surface area contributed by atoms with E-state index in [0.29, 0.717) is 5.69 Å². The van der Waals surface area contributed by atoms with Crippen LogP contribution in [0.3, 0.4) is 0 Å². The number of nitrogens with zero attached hydrogens (tertiary/aromatic N) is 1. The van der Waals surface area contributed by atoms with Crippen molar-refractivity contribution in [2.45, 2.75) is 19.9 Å². The van der Waals surface area contributed by atoms with E-state index >= 15 is 0 Å². The maximum absolute atomic E-state index is 13.7. The first-order chi connectivity index (χ1) is 10.2. The van der Waals surface area contributed by atoms with E-state index < -0.39 is 5.82 Å². The Hall–Kier alpha value is -2.23. The number of nitrogens with two attached hydrogens (primary N) is 1. The fourth-order valence-corrected chi connectivity index (χ4v) is 2.35. The topological polar surface area (TPSA) is 38.5 Å². The molecule has 2 aromatic carbocycles. The van der Waals surface area contributed by atoms with Gasteiger partial charge in [-0.15, -0.1) is 0 Å². The van der Waals surface area contributed by atoms with Gasteiger partial charge >= 0.3 is 0 Å². The van der Waals surface area contributed by atoms with Crippen molar-refractivity contribution < 1.29 is 9.13 Å². The molecule has 0 aliphatic carbocycles. The number of ether oxygens (including phenoxy) is 1. The smallest absolute Gasteiger partial charge is 0.167 e. The number of halogens is 1. The molecule has 0 saturated heterocycles. The number of rotatable bonds is 6. The van der Waals surface area contributed by atoms with Gasteiger partial charge < -0.3 is 15.4 Å². The highest BCUT2D eigenvalue weighted by molar-refractivity contribution is 5.70. The summed E-state index contributed by atoms with van der Waals surface area (Å²) in [4.78, 5) is 2.15. The van der Waals surface area contributed by atoms with Crippen molar-refractivity contribution in [2.75, 3.05) is 24.3 Å². The molecule has 21 heavy (non-hydrogen) atoms. The molecule has 0 heterocycles. The molecule has 0 fully saturated rings. The molecule has 0 saturated carbocycles. The van der Waals surface area contributed by atoms with E-state index in [1.165, 1.54) is 18.7 Å². The minimum absolute atomic E-state index is 0.216. The normalized spacial score (nSPS) is 10.4. The van der Waals surface area contributed by atoms with Gasteiger partial charge in [-0.3, -0.25) is 0 Å². The fourth-order valence-electron chi connectivity index (χ4n) is 2.35. The highest BCUT2D eigenvalue weighted by atomic mass is 19.1. The van der Waals surface area contributed by atoms with E-state index in [9.17, 15) is 4.39 Å². The second-order valence-corrected chi connectivity index (χ2v) is 4.95. The van der Waals surface area contributed by atoms with Crippen molar-refractivity contribution >= 4 is 11.4 Å². The van der Waals surface area contributed by atoms with E-state index in [0.717, 1.165) is 25.2 Å². The van der Waals surface area contributed by atoms with Crippen molar-refractivity contribution in [3.63, 3.8) is 0 Å². The van der Waals surface area contributed by atoms with E-state index in [4.69, 9.17) is 10.5 Å². The summed E-state index contributed by atoms with van der Waals surface area (Å²) in [5.74, 6) is -0.219. The molecule has 0 aliphatic heterocycles. The molecule has 0 unspecified atom stereocenters. The highest BCUT2D eigenvalue weighted by Gasteiger charge is 2.14. The third-order valence-corrected chi connectivity index (χ3v) is 3.35. The Balaban J connectivity index is 2.33. The van der Waals surface area contributed by atoms with Crippen LogP contribution >= 0.6 is 0 Å². The van der Waals surface area contributed by atoms with Gasteiger partial charge in [0.05, 0.1) is 18.5 Å². The summed E-state index contributed by atoms with van der Waals surface area (Å²) in [6.45, 7) is 3.68. The molecule has 0 aromatic heterocycles. The Morgan fingerprint density at radius 2 is 1.90 bits per heavy atom. The molecule has 2 N–H and O–H groups in total. The Morgan fingerprint density at radius 1 is 1.19 bits per heavy atom. The van der Waals surface area contributed by atoms with Crippen LogP contribution in [-0.2, 0) is 6.54 Å². The van der Waals surface area contributed by atoms with Gasteiger partial charge in [-0.05, 0) is 12.0 Å². The van der Waals surface area contributed by atoms with Crippen LogP contribution in [0.4, 0.5) is 15.8 Å². The number of nitrogen functional groups attached to an aromatic ring is 1. The third-order valence-electron chi connectivity index (χ3n) is 3.35. The standard InChI is InChI=1S/C17H21FN2O/c1-3-9-20(12-13-7-5-4-6-8-13)16-11-17(21-2)14(18)10-15(16)19/h4-8,10-11H,3,9,12,19H2,1-2H3. The monoisotopic (exact) mass is 288 g/mol. The van der Waals surface area contributed by atoms with Gasteiger partial charge in [0, 0.05) is 25.2 Å². The van der Waals surface area contributed by atoms with Gasteiger partial charge in [0.2, 0.25) is 0 Å². The van der Waals surface area contributed by atoms with Crippen molar-refractivity contribution in [3.8, 4) is 5.75 Å². The SMILES string of the molecule is CCCN(Cc1ccccc1)c1cc(OC)c(F)cc1N. The lowest BCUT2D eigenvalue weighted by molar-refractivity contribution is 0.386. The molecule has 0 bridgehead atoms. The molecule has 0 amide bonds. The molecule has 0 spiro atoms. The molecule has 0 radical (unpaired) electrons. The molecule has 112 valence electrons. The Morgan fingerprint density at radius 3 is 2.52 bits per heavy atom. The first-order valence-electron chi connectivity index (χ1n) is 7.07. The van der Waals surface area contributed by atoms with E-state index in [1.807, 2.05) is 18.2 Å². The summed E-state index contributed by atoms with van der Waals surface area (Å²) >= 11 is 0. The van der Waals surface area contributed by atoms with Gasteiger partial charge in [0.25, 0.3) is 0 Å². The van der Waals surface area contributed by atoms with Crippen LogP contribution in [0.2, 0.25) is 0 Å². The minimum Gasteiger partial charge on any atom is -0.494 e. The predicted octanol–water partition coefficient (Wildman–Crippen LogP) is 3.83. The second-order valence-electron chi connectivity index (χ2n) is 4.95. The molecule has 0 atom stereocenters. The number of hydrogen-bond donors (Lipinski definition) is 1. The average molecular weight is 288 g/mol. The highest BCUT2D eigenvalue weighted by Crippen LogP contribution is 2.32. The first kappa shape index (κ1) is 15.2. The van der Waals surface area contributed by atoms with Gasteiger partial charge in [-0.2, -0.15) is 0 Å². The number of methoxy groups -OCH3 is 1. The molecule has 3 nitrogen and oxygen atoms in total. The first-order valence-corrected chi connectivity index (χ1v) is 7.07. The zero-order valence-corrected chi connectivity index (χ0v) is 12.5. The summed E-state index contributed by atoms with van der Waals surface area (Å²) < 4.78 is 18.7. The zero-order valence-electron chi connectivity index (χ0n) is 12.5. The fraction of sp³-hybridized carbons (Fsp3) is 0.294. The molecular weight excluding hydrogens is 267 g/mol. The lowest BCUT2D eigenvalue weighted by Crippen LogP contribution is -2.24. The van der Waals surface area contributed by atoms with Gasteiger partial charge in [0.15, 0.2) is 11.6 Å². The maximum Gasteiger partial charge on any atom is 0.167 e. The Kier molecular flexibility index (Phi) is 5.04. The average Bonchev–Trinajstić information content (AvgIpc) is 2.48. The molecule has 2 aromatic rings. The molecule has 4 heteroatoms. The minimum atomic E-state index is -0.435. The van der Waals surface area contributed by atoms with Crippen LogP contribution in [0.25, 0.3) is 0 Å². The van der Waals surface area contributed by atoms with Crippen LogP contribution in [0, 0.1) is 5.82 Å². The Labute approximate surface area is 125 Å². The second kappa shape index (κ2) is 6.97. The van der Waals surface area contributed by atoms with Crippen molar-refractivity contribution in [2.24, 2.45) is 0 Å². The largest absolute Gasteiger partial charge is 0.494 e. The van der Waals surface area contributed by atoms with Crippen LogP contribution < -0.4 is 15.4 Å². The third kappa shape index (κ3) is 3.66. The van der Waals surface area contributed by atoms with Crippen LogP contribution in [0.1, 0.15) is 18.9 Å². The van der Waals surface area contributed by atoms with Gasteiger partial charge in [-0.25, -0.2) is 4.39 Å². The molecule has 0 aliphatic rings. The van der Waals surface area contributed by atoms with Crippen molar-refractivity contribution in [1.29, 1.82) is 0 Å². The zero-order chi connectivity index (χ0) is 15.2. The predicted molar refractivity (Wildman–Crippen MR) is 85.1 cm³/mol. The number of benzene rings is 2. The Bertz CT molecular complexity index is 587. The number of hydrogen-bond acceptors (Lipinski definition) is 3. The molecular formula is C17H21FN2O. The quantitative estimate of drug-likeness (QED) is 0.821. The van der Waals surface area contributed by atoms with Crippen molar-refractivity contribution in [1.82, 2.24) is 0 Å². The summed E-state index contributed by atoms with van der Waals surface area (Å²) in [7, 11) is 1.46. The van der Waals surface area contributed by atoms with E-state index in [-0.39, 0.29) is 5.75 Å². The van der Waals surface area contributed by atoms with E-state index in [2.05, 4.69) is 24.0 Å². The number of anilines is 2. The lowest BCUT2D eigenvalue weighted by atomic mass is 10.1. The lowest BCUT2D eigenvalue weighted by Gasteiger charge is -2.26. The summed E-state index contributed by atoms with van der Waals surface area (Å²) in [6.07, 6.45) is 0.978. The van der Waals surface area contributed by atoms with Gasteiger partial charge in [0.1, 0.15) is 0 Å². The van der Waals surface area contributed by atoms with Crippen LogP contribution in [0.15, 0.2) is 42.5 Å². The molecule has 2 rings (SSSR count). The summed E-state index contributed by atoms with van der Waals surface area (Å²) in [5.41, 5.74) is 8.41.